The first-order chi connectivity index (χ1) is 10.0. The maximum absolute atomic E-state index is 11.7. The second-order valence-electron chi connectivity index (χ2n) is 5.21. The number of unbranched alkanes of at least 4 members (excludes halogenated alkanes) is 1. The van der Waals surface area contributed by atoms with E-state index in [2.05, 4.69) is 10.3 Å². The normalized spacial score (nSPS) is 10.8. The van der Waals surface area contributed by atoms with Crippen LogP contribution in [0.3, 0.4) is 0 Å². The number of carboxylic acids is 1. The van der Waals surface area contributed by atoms with E-state index < -0.39 is 5.97 Å². The molecule has 1 amide bonds. The molecule has 5 nitrogen and oxygen atoms in total. The highest BCUT2D eigenvalue weighted by Gasteiger charge is 2.17. The van der Waals surface area contributed by atoms with Crippen LogP contribution in [-0.4, -0.2) is 22.0 Å². The molecule has 1 heterocycles. The van der Waals surface area contributed by atoms with E-state index in [9.17, 15) is 14.7 Å². The van der Waals surface area contributed by atoms with Gasteiger partial charge in [-0.2, -0.15) is 0 Å². The third kappa shape index (κ3) is 3.42. The van der Waals surface area contributed by atoms with Crippen LogP contribution < -0.4 is 5.32 Å². The summed E-state index contributed by atoms with van der Waals surface area (Å²) in [5.41, 5.74) is 2.60. The third-order valence-corrected chi connectivity index (χ3v) is 3.50. The van der Waals surface area contributed by atoms with Crippen LogP contribution in [0.1, 0.15) is 47.8 Å². The topological polar surface area (TPSA) is 82.2 Å². The number of aryl methyl sites for hydroxylation is 1. The number of aromatic carboxylic acids is 1. The molecule has 0 atom stereocenters. The molecule has 3 N–H and O–H groups in total. The molecule has 112 valence electrons. The summed E-state index contributed by atoms with van der Waals surface area (Å²) < 4.78 is 0. The number of carboxylic acid groups (broad SMARTS) is 1. The highest BCUT2D eigenvalue weighted by Crippen LogP contribution is 2.23. The predicted octanol–water partition coefficient (Wildman–Crippen LogP) is 2.98. The zero-order valence-corrected chi connectivity index (χ0v) is 12.3. The van der Waals surface area contributed by atoms with Gasteiger partial charge in [0, 0.05) is 29.4 Å². The van der Waals surface area contributed by atoms with Gasteiger partial charge in [0.25, 0.3) is 0 Å². The number of aromatic nitrogens is 1. The number of carbonyl (C=O) groups excluding carboxylic acids is 1. The number of benzene rings is 1. The second-order valence-corrected chi connectivity index (χ2v) is 5.21. The third-order valence-electron chi connectivity index (χ3n) is 3.50. The van der Waals surface area contributed by atoms with Crippen molar-refractivity contribution < 1.29 is 14.7 Å². The van der Waals surface area contributed by atoms with E-state index in [0.29, 0.717) is 12.0 Å². The second kappa shape index (κ2) is 6.43. The van der Waals surface area contributed by atoms with Gasteiger partial charge in [-0.15, -0.1) is 0 Å². The SMILES string of the molecule is CCCCC(=O)NCc1c(C(=O)O)[nH]c2ccc(C)cc12. The first kappa shape index (κ1) is 15.1. The Morgan fingerprint density at radius 1 is 1.33 bits per heavy atom. The van der Waals surface area contributed by atoms with Gasteiger partial charge in [0.15, 0.2) is 0 Å². The van der Waals surface area contributed by atoms with E-state index in [1.807, 2.05) is 32.0 Å². The molecule has 1 aromatic carbocycles. The Bertz CT molecular complexity index is 673. The number of fused-ring (bicyclic) bond motifs is 1. The van der Waals surface area contributed by atoms with Gasteiger partial charge in [-0.1, -0.05) is 25.0 Å². The minimum absolute atomic E-state index is 0.0461. The van der Waals surface area contributed by atoms with Crippen LogP contribution in [0.15, 0.2) is 18.2 Å². The van der Waals surface area contributed by atoms with Gasteiger partial charge >= 0.3 is 5.97 Å². The minimum Gasteiger partial charge on any atom is -0.477 e. The van der Waals surface area contributed by atoms with Crippen LogP contribution >= 0.6 is 0 Å². The van der Waals surface area contributed by atoms with Crippen LogP contribution in [0.25, 0.3) is 10.9 Å². The Morgan fingerprint density at radius 2 is 2.10 bits per heavy atom. The van der Waals surface area contributed by atoms with Crippen molar-refractivity contribution in [2.24, 2.45) is 0 Å². The molecule has 0 aliphatic carbocycles. The standard InChI is InChI=1S/C16H20N2O3/c1-3-4-5-14(19)17-9-12-11-8-10(2)6-7-13(11)18-15(12)16(20)21/h6-8,18H,3-5,9H2,1-2H3,(H,17,19)(H,20,21). The number of H-pyrrole nitrogens is 1. The van der Waals surface area contributed by atoms with Crippen molar-refractivity contribution in [1.82, 2.24) is 10.3 Å². The molecule has 0 saturated carbocycles. The van der Waals surface area contributed by atoms with E-state index in [4.69, 9.17) is 0 Å². The number of rotatable bonds is 6. The number of aromatic amines is 1. The van der Waals surface area contributed by atoms with E-state index in [0.717, 1.165) is 29.3 Å². The lowest BCUT2D eigenvalue weighted by Crippen LogP contribution is -2.23. The van der Waals surface area contributed by atoms with Gasteiger partial charge in [-0.25, -0.2) is 4.79 Å². The summed E-state index contributed by atoms with van der Waals surface area (Å²) in [5, 5.41) is 13.0. The maximum Gasteiger partial charge on any atom is 0.352 e. The van der Waals surface area contributed by atoms with Gasteiger partial charge in [0.05, 0.1) is 0 Å². The molecule has 0 aliphatic rings. The molecule has 5 heteroatoms. The summed E-state index contributed by atoms with van der Waals surface area (Å²) in [6.07, 6.45) is 2.27. The van der Waals surface area contributed by atoms with Crippen LogP contribution in [0.2, 0.25) is 0 Å². The summed E-state index contributed by atoms with van der Waals surface area (Å²) in [5.74, 6) is -1.06. The Balaban J connectivity index is 2.28. The van der Waals surface area contributed by atoms with Crippen LogP contribution in [0.4, 0.5) is 0 Å². The monoisotopic (exact) mass is 288 g/mol. The minimum atomic E-state index is -1.01. The van der Waals surface area contributed by atoms with Gasteiger partial charge in [-0.3, -0.25) is 4.79 Å². The average molecular weight is 288 g/mol. The van der Waals surface area contributed by atoms with E-state index in [1.165, 1.54) is 0 Å². The lowest BCUT2D eigenvalue weighted by molar-refractivity contribution is -0.121. The lowest BCUT2D eigenvalue weighted by atomic mass is 10.1. The Kier molecular flexibility index (Phi) is 4.62. The maximum atomic E-state index is 11.7. The quantitative estimate of drug-likeness (QED) is 0.764. The van der Waals surface area contributed by atoms with Crippen molar-refractivity contribution >= 4 is 22.8 Å². The molecule has 0 unspecified atom stereocenters. The van der Waals surface area contributed by atoms with Gasteiger partial charge in [0.2, 0.25) is 5.91 Å². The molecule has 0 fully saturated rings. The molecular formula is C16H20N2O3. The van der Waals surface area contributed by atoms with Gasteiger partial charge < -0.3 is 15.4 Å². The highest BCUT2D eigenvalue weighted by atomic mass is 16.4. The number of hydrogen-bond donors (Lipinski definition) is 3. The summed E-state index contributed by atoms with van der Waals surface area (Å²) in [6.45, 7) is 4.21. The van der Waals surface area contributed by atoms with Crippen molar-refractivity contribution in [1.29, 1.82) is 0 Å². The fraction of sp³-hybridized carbons (Fsp3) is 0.375. The van der Waals surface area contributed by atoms with E-state index in [-0.39, 0.29) is 18.1 Å². The largest absolute Gasteiger partial charge is 0.477 e. The van der Waals surface area contributed by atoms with Gasteiger partial charge in [-0.05, 0) is 25.5 Å². The molecule has 0 spiro atoms. The summed E-state index contributed by atoms with van der Waals surface area (Å²) >= 11 is 0. The number of nitrogens with one attached hydrogen (secondary N) is 2. The van der Waals surface area contributed by atoms with E-state index in [1.54, 1.807) is 0 Å². The van der Waals surface area contributed by atoms with Crippen molar-refractivity contribution in [2.45, 2.75) is 39.7 Å². The van der Waals surface area contributed by atoms with Crippen molar-refractivity contribution in [3.8, 4) is 0 Å². The fourth-order valence-corrected chi connectivity index (χ4v) is 2.34. The molecule has 0 radical (unpaired) electrons. The molecular weight excluding hydrogens is 268 g/mol. The molecule has 0 saturated heterocycles. The van der Waals surface area contributed by atoms with Crippen molar-refractivity contribution in [2.75, 3.05) is 0 Å². The molecule has 0 aliphatic heterocycles. The smallest absolute Gasteiger partial charge is 0.352 e. The Hall–Kier alpha value is -2.30. The Morgan fingerprint density at radius 3 is 2.76 bits per heavy atom. The van der Waals surface area contributed by atoms with E-state index >= 15 is 0 Å². The molecule has 1 aromatic heterocycles. The fourth-order valence-electron chi connectivity index (χ4n) is 2.34. The number of hydrogen-bond acceptors (Lipinski definition) is 2. The predicted molar refractivity (Wildman–Crippen MR) is 81.4 cm³/mol. The first-order valence-corrected chi connectivity index (χ1v) is 7.14. The van der Waals surface area contributed by atoms with Crippen LogP contribution in [0, 0.1) is 6.92 Å². The van der Waals surface area contributed by atoms with Crippen LogP contribution in [0.5, 0.6) is 0 Å². The molecule has 21 heavy (non-hydrogen) atoms. The van der Waals surface area contributed by atoms with Gasteiger partial charge in [0.1, 0.15) is 5.69 Å². The van der Waals surface area contributed by atoms with Crippen molar-refractivity contribution in [3.63, 3.8) is 0 Å². The van der Waals surface area contributed by atoms with Crippen LogP contribution in [-0.2, 0) is 11.3 Å². The zero-order chi connectivity index (χ0) is 15.4. The molecule has 2 rings (SSSR count). The number of carbonyl (C=O) groups is 2. The van der Waals surface area contributed by atoms with Crippen molar-refractivity contribution in [3.05, 3.63) is 35.0 Å². The summed E-state index contributed by atoms with van der Waals surface area (Å²) in [4.78, 5) is 26.0. The summed E-state index contributed by atoms with van der Waals surface area (Å²) in [7, 11) is 0. The average Bonchev–Trinajstić information content (AvgIpc) is 2.81. The highest BCUT2D eigenvalue weighted by molar-refractivity contribution is 5.97. The molecule has 2 aromatic rings. The number of amides is 1. The lowest BCUT2D eigenvalue weighted by Gasteiger charge is -2.05. The molecule has 0 bridgehead atoms. The summed E-state index contributed by atoms with van der Waals surface area (Å²) in [6, 6.07) is 5.72. The Labute approximate surface area is 123 Å². The zero-order valence-electron chi connectivity index (χ0n) is 12.3. The first-order valence-electron chi connectivity index (χ1n) is 7.14.